The van der Waals surface area contributed by atoms with Gasteiger partial charge in [0, 0.05) is 12.1 Å². The molecule has 1 aromatic heterocycles. The van der Waals surface area contributed by atoms with Crippen molar-refractivity contribution in [3.63, 3.8) is 0 Å². The van der Waals surface area contributed by atoms with Gasteiger partial charge in [0.2, 0.25) is 0 Å². The summed E-state index contributed by atoms with van der Waals surface area (Å²) in [7, 11) is 1.65. The van der Waals surface area contributed by atoms with Gasteiger partial charge in [0.1, 0.15) is 5.75 Å². The molecule has 0 spiro atoms. The van der Waals surface area contributed by atoms with Crippen molar-refractivity contribution in [1.82, 2.24) is 10.3 Å². The monoisotopic (exact) mass is 242 g/mol. The number of ether oxygens (including phenoxy) is 1. The first-order chi connectivity index (χ1) is 8.85. The zero-order valence-corrected chi connectivity index (χ0v) is 10.8. The first-order valence-electron chi connectivity index (χ1n) is 6.14. The van der Waals surface area contributed by atoms with Crippen molar-refractivity contribution < 1.29 is 4.74 Å². The van der Waals surface area contributed by atoms with E-state index in [1.807, 2.05) is 18.2 Å². The van der Waals surface area contributed by atoms with Gasteiger partial charge in [-0.15, -0.1) is 0 Å². The Morgan fingerprint density at radius 3 is 2.67 bits per heavy atom. The molecule has 2 rings (SSSR count). The number of rotatable bonds is 5. The smallest absolute Gasteiger partial charge is 0.137 e. The van der Waals surface area contributed by atoms with Gasteiger partial charge in [-0.1, -0.05) is 31.2 Å². The van der Waals surface area contributed by atoms with Crippen LogP contribution in [0.2, 0.25) is 0 Å². The molecule has 0 aliphatic heterocycles. The minimum absolute atomic E-state index is 0.780. The van der Waals surface area contributed by atoms with Crippen molar-refractivity contribution in [3.05, 3.63) is 48.2 Å². The maximum atomic E-state index is 5.13. The first kappa shape index (κ1) is 12.6. The van der Waals surface area contributed by atoms with Crippen LogP contribution in [0, 0.1) is 0 Å². The molecule has 0 bridgehead atoms. The second-order valence-electron chi connectivity index (χ2n) is 4.02. The normalized spacial score (nSPS) is 10.3. The number of hydrogen-bond acceptors (Lipinski definition) is 3. The number of aromatic nitrogens is 1. The third-order valence-corrected chi connectivity index (χ3v) is 2.83. The lowest BCUT2D eigenvalue weighted by Gasteiger charge is -2.09. The van der Waals surface area contributed by atoms with Crippen molar-refractivity contribution in [2.24, 2.45) is 0 Å². The Morgan fingerprint density at radius 2 is 2.00 bits per heavy atom. The van der Waals surface area contributed by atoms with Gasteiger partial charge in [-0.25, -0.2) is 0 Å². The van der Waals surface area contributed by atoms with E-state index in [9.17, 15) is 0 Å². The predicted molar refractivity (Wildman–Crippen MR) is 73.6 cm³/mol. The molecule has 0 unspecified atom stereocenters. The summed E-state index contributed by atoms with van der Waals surface area (Å²) < 4.78 is 5.13. The van der Waals surface area contributed by atoms with Crippen molar-refractivity contribution in [2.45, 2.75) is 13.5 Å². The zero-order valence-electron chi connectivity index (χ0n) is 10.8. The molecule has 18 heavy (non-hydrogen) atoms. The lowest BCUT2D eigenvalue weighted by molar-refractivity contribution is 0.413. The summed E-state index contributed by atoms with van der Waals surface area (Å²) in [6.07, 6.45) is 1.75. The van der Waals surface area contributed by atoms with Gasteiger partial charge < -0.3 is 10.1 Å². The molecular formula is C15H18N2O. The quantitative estimate of drug-likeness (QED) is 0.875. The van der Waals surface area contributed by atoms with Crippen molar-refractivity contribution >= 4 is 0 Å². The molecule has 94 valence electrons. The molecule has 0 amide bonds. The van der Waals surface area contributed by atoms with Gasteiger partial charge in [-0.2, -0.15) is 0 Å². The summed E-state index contributed by atoms with van der Waals surface area (Å²) in [5, 5.41) is 3.34. The van der Waals surface area contributed by atoms with Crippen molar-refractivity contribution in [3.8, 4) is 17.0 Å². The molecule has 3 heteroatoms. The van der Waals surface area contributed by atoms with E-state index in [-0.39, 0.29) is 0 Å². The Hall–Kier alpha value is -1.87. The highest BCUT2D eigenvalue weighted by Gasteiger charge is 2.05. The molecule has 0 saturated heterocycles. The van der Waals surface area contributed by atoms with Gasteiger partial charge in [-0.05, 0) is 24.2 Å². The van der Waals surface area contributed by atoms with Crippen molar-refractivity contribution in [2.75, 3.05) is 13.7 Å². The van der Waals surface area contributed by atoms with E-state index in [1.165, 1.54) is 11.1 Å². The number of methoxy groups -OCH3 is 1. The molecule has 0 fully saturated rings. The Morgan fingerprint density at radius 1 is 1.17 bits per heavy atom. The summed E-state index contributed by atoms with van der Waals surface area (Å²) in [6, 6.07) is 12.2. The Kier molecular flexibility index (Phi) is 4.31. The fourth-order valence-corrected chi connectivity index (χ4v) is 1.84. The lowest BCUT2D eigenvalue weighted by atomic mass is 10.0. The van der Waals surface area contributed by atoms with E-state index in [2.05, 4.69) is 35.4 Å². The van der Waals surface area contributed by atoms with Crippen molar-refractivity contribution in [1.29, 1.82) is 0 Å². The molecule has 0 aliphatic rings. The van der Waals surface area contributed by atoms with Crippen LogP contribution < -0.4 is 10.1 Å². The number of hydrogen-bond donors (Lipinski definition) is 1. The molecule has 0 atom stereocenters. The lowest BCUT2D eigenvalue weighted by Crippen LogP contribution is -2.12. The average Bonchev–Trinajstić information content (AvgIpc) is 2.45. The molecule has 1 N–H and O–H groups in total. The van der Waals surface area contributed by atoms with Crippen LogP contribution in [0.25, 0.3) is 11.3 Å². The number of benzene rings is 1. The number of nitrogens with zero attached hydrogens (tertiary/aromatic N) is 1. The summed E-state index contributed by atoms with van der Waals surface area (Å²) in [6.45, 7) is 3.93. The Bertz CT molecular complexity index is 494. The molecule has 1 heterocycles. The highest BCUT2D eigenvalue weighted by atomic mass is 16.5. The van der Waals surface area contributed by atoms with E-state index < -0.39 is 0 Å². The molecule has 1 aromatic carbocycles. The fourth-order valence-electron chi connectivity index (χ4n) is 1.84. The van der Waals surface area contributed by atoms with Gasteiger partial charge >= 0.3 is 0 Å². The molecule has 0 aliphatic carbocycles. The molecule has 2 aromatic rings. The second-order valence-corrected chi connectivity index (χ2v) is 4.02. The second kappa shape index (κ2) is 6.17. The number of nitrogens with one attached hydrogen (secondary N) is 1. The fraction of sp³-hybridized carbons (Fsp3) is 0.267. The summed E-state index contributed by atoms with van der Waals surface area (Å²) >= 11 is 0. The van der Waals surface area contributed by atoms with Crippen LogP contribution in [0.1, 0.15) is 12.5 Å². The maximum absolute atomic E-state index is 5.13. The third kappa shape index (κ3) is 2.87. The van der Waals surface area contributed by atoms with Crippen LogP contribution >= 0.6 is 0 Å². The molecular weight excluding hydrogens is 224 g/mol. The minimum atomic E-state index is 0.780. The van der Waals surface area contributed by atoms with Crippen LogP contribution in [0.4, 0.5) is 0 Å². The van der Waals surface area contributed by atoms with Crippen LogP contribution in [0.5, 0.6) is 5.75 Å². The molecule has 3 nitrogen and oxygen atoms in total. The molecule has 0 saturated carbocycles. The van der Waals surface area contributed by atoms with E-state index in [1.54, 1.807) is 13.3 Å². The SMILES string of the molecule is CCNCc1ccccc1-c1ccc(OC)cn1. The van der Waals surface area contributed by atoms with Crippen LogP contribution in [0.3, 0.4) is 0 Å². The largest absolute Gasteiger partial charge is 0.495 e. The predicted octanol–water partition coefficient (Wildman–Crippen LogP) is 2.87. The van der Waals surface area contributed by atoms with Gasteiger partial charge in [-0.3, -0.25) is 4.98 Å². The van der Waals surface area contributed by atoms with Crippen LogP contribution in [0.15, 0.2) is 42.6 Å². The highest BCUT2D eigenvalue weighted by Crippen LogP contribution is 2.23. The van der Waals surface area contributed by atoms with Gasteiger partial charge in [0.15, 0.2) is 0 Å². The van der Waals surface area contributed by atoms with E-state index in [0.717, 1.165) is 24.5 Å². The van der Waals surface area contributed by atoms with Gasteiger partial charge in [0.05, 0.1) is 19.0 Å². The summed E-state index contributed by atoms with van der Waals surface area (Å²) in [5.74, 6) is 0.780. The standard InChI is InChI=1S/C15H18N2O/c1-3-16-10-12-6-4-5-7-14(12)15-9-8-13(18-2)11-17-15/h4-9,11,16H,3,10H2,1-2H3. The van der Waals surface area contributed by atoms with E-state index in [4.69, 9.17) is 4.74 Å². The number of pyridine rings is 1. The zero-order chi connectivity index (χ0) is 12.8. The van der Waals surface area contributed by atoms with E-state index in [0.29, 0.717) is 0 Å². The minimum Gasteiger partial charge on any atom is -0.495 e. The van der Waals surface area contributed by atoms with Gasteiger partial charge in [0.25, 0.3) is 0 Å². The summed E-state index contributed by atoms with van der Waals surface area (Å²) in [4.78, 5) is 4.44. The van der Waals surface area contributed by atoms with Crippen LogP contribution in [-0.2, 0) is 6.54 Å². The first-order valence-corrected chi connectivity index (χ1v) is 6.14. The molecule has 0 radical (unpaired) electrons. The third-order valence-electron chi connectivity index (χ3n) is 2.83. The van der Waals surface area contributed by atoms with Crippen LogP contribution in [-0.4, -0.2) is 18.6 Å². The Balaban J connectivity index is 2.30. The Labute approximate surface area is 108 Å². The summed E-state index contributed by atoms with van der Waals surface area (Å²) in [5.41, 5.74) is 3.41. The highest BCUT2D eigenvalue weighted by molar-refractivity contribution is 5.63. The topological polar surface area (TPSA) is 34.1 Å². The van der Waals surface area contributed by atoms with E-state index >= 15 is 0 Å². The average molecular weight is 242 g/mol. The maximum Gasteiger partial charge on any atom is 0.137 e.